The van der Waals surface area contributed by atoms with Crippen LogP contribution in [0.5, 0.6) is 0 Å². The summed E-state index contributed by atoms with van der Waals surface area (Å²) in [4.78, 5) is 14.2. The Kier molecular flexibility index (Phi) is 5.28. The first-order chi connectivity index (χ1) is 12.1. The highest BCUT2D eigenvalue weighted by Crippen LogP contribution is 2.26. The zero-order valence-electron chi connectivity index (χ0n) is 14.0. The minimum Gasteiger partial charge on any atom is -0.338 e. The molecular formula is C19H18FN3OS. The molecule has 128 valence electrons. The number of amides is 1. The third-order valence-corrected chi connectivity index (χ3v) is 5.16. The monoisotopic (exact) mass is 355 g/mol. The van der Waals surface area contributed by atoms with Crippen LogP contribution >= 0.6 is 11.8 Å². The first-order valence-corrected chi connectivity index (χ1v) is 8.89. The Morgan fingerprint density at radius 1 is 1.20 bits per heavy atom. The van der Waals surface area contributed by atoms with Crippen LogP contribution in [0.15, 0.2) is 59.8 Å². The lowest BCUT2D eigenvalue weighted by Gasteiger charge is -2.25. The van der Waals surface area contributed by atoms with Gasteiger partial charge in [0.1, 0.15) is 10.8 Å². The topological polar surface area (TPSA) is 46.1 Å². The lowest BCUT2D eigenvalue weighted by Crippen LogP contribution is -2.31. The first kappa shape index (κ1) is 17.4. The number of fused-ring (bicyclic) bond motifs is 1. The number of nitrogens with zero attached hydrogens (tertiary/aromatic N) is 3. The van der Waals surface area contributed by atoms with Crippen molar-refractivity contribution in [2.45, 2.75) is 18.0 Å². The molecule has 0 aliphatic heterocycles. The third kappa shape index (κ3) is 3.96. The second-order valence-electron chi connectivity index (χ2n) is 5.76. The quantitative estimate of drug-likeness (QED) is 0.647. The van der Waals surface area contributed by atoms with Crippen LogP contribution in [-0.4, -0.2) is 33.8 Å². The fraction of sp³-hybridized carbons (Fsp3) is 0.211. The Morgan fingerprint density at radius 2 is 1.92 bits per heavy atom. The molecular weight excluding hydrogens is 337 g/mol. The van der Waals surface area contributed by atoms with Gasteiger partial charge < -0.3 is 4.90 Å². The first-order valence-electron chi connectivity index (χ1n) is 7.90. The Morgan fingerprint density at radius 3 is 2.68 bits per heavy atom. The zero-order chi connectivity index (χ0) is 17.8. The molecule has 0 aliphatic rings. The maximum Gasteiger partial charge on any atom is 0.233 e. The van der Waals surface area contributed by atoms with Gasteiger partial charge in [0.2, 0.25) is 5.91 Å². The molecule has 0 fully saturated rings. The van der Waals surface area contributed by atoms with E-state index >= 15 is 0 Å². The van der Waals surface area contributed by atoms with Crippen molar-refractivity contribution < 1.29 is 9.18 Å². The number of carbonyl (C=O) groups excluding carboxylic acids is 1. The van der Waals surface area contributed by atoms with E-state index in [1.807, 2.05) is 31.2 Å². The van der Waals surface area contributed by atoms with E-state index in [2.05, 4.69) is 10.2 Å². The molecule has 3 aromatic rings. The van der Waals surface area contributed by atoms with Crippen molar-refractivity contribution in [2.75, 3.05) is 12.8 Å². The lowest BCUT2D eigenvalue weighted by molar-refractivity contribution is -0.128. The van der Waals surface area contributed by atoms with E-state index in [1.54, 1.807) is 30.3 Å². The molecule has 1 unspecified atom stereocenters. The van der Waals surface area contributed by atoms with Crippen LogP contribution in [0.25, 0.3) is 10.8 Å². The number of rotatable bonds is 5. The van der Waals surface area contributed by atoms with Crippen LogP contribution in [0.2, 0.25) is 0 Å². The SMILES string of the molecule is CC(c1ccc(F)cc1)N(C)C(=O)CSc1nncc2ccccc12. The molecule has 0 radical (unpaired) electrons. The van der Waals surface area contributed by atoms with Gasteiger partial charge in [0.25, 0.3) is 0 Å². The standard InChI is InChI=1S/C19H18FN3OS/c1-13(14-7-9-16(20)10-8-14)23(2)18(24)12-25-19-17-6-4-3-5-15(17)11-21-22-19/h3-11,13H,12H2,1-2H3. The largest absolute Gasteiger partial charge is 0.338 e. The molecule has 0 aliphatic carbocycles. The number of halogens is 1. The van der Waals surface area contributed by atoms with E-state index in [0.29, 0.717) is 0 Å². The van der Waals surface area contributed by atoms with E-state index in [-0.39, 0.29) is 23.5 Å². The second kappa shape index (κ2) is 7.61. The van der Waals surface area contributed by atoms with Gasteiger partial charge in [-0.1, -0.05) is 48.2 Å². The van der Waals surface area contributed by atoms with Gasteiger partial charge in [0.15, 0.2) is 0 Å². The lowest BCUT2D eigenvalue weighted by atomic mass is 10.1. The van der Waals surface area contributed by atoms with Crippen molar-refractivity contribution in [3.63, 3.8) is 0 Å². The molecule has 1 aromatic heterocycles. The van der Waals surface area contributed by atoms with Crippen molar-refractivity contribution in [1.82, 2.24) is 15.1 Å². The molecule has 1 amide bonds. The highest BCUT2D eigenvalue weighted by Gasteiger charge is 2.18. The van der Waals surface area contributed by atoms with Gasteiger partial charge in [-0.25, -0.2) is 4.39 Å². The molecule has 1 atom stereocenters. The summed E-state index contributed by atoms with van der Waals surface area (Å²) in [6, 6.07) is 13.9. The van der Waals surface area contributed by atoms with Crippen molar-refractivity contribution in [1.29, 1.82) is 0 Å². The molecule has 0 spiro atoms. The number of hydrogen-bond acceptors (Lipinski definition) is 4. The molecule has 0 saturated heterocycles. The average Bonchev–Trinajstić information content (AvgIpc) is 2.65. The Bertz CT molecular complexity index is 880. The van der Waals surface area contributed by atoms with Crippen LogP contribution in [-0.2, 0) is 4.79 Å². The Balaban J connectivity index is 1.68. The third-order valence-electron chi connectivity index (χ3n) is 4.20. The summed E-state index contributed by atoms with van der Waals surface area (Å²) < 4.78 is 13.0. The fourth-order valence-corrected chi connectivity index (χ4v) is 3.43. The van der Waals surface area contributed by atoms with Crippen LogP contribution in [0, 0.1) is 5.82 Å². The zero-order valence-corrected chi connectivity index (χ0v) is 14.8. The highest BCUT2D eigenvalue weighted by molar-refractivity contribution is 8.00. The number of hydrogen-bond donors (Lipinski definition) is 0. The summed E-state index contributed by atoms with van der Waals surface area (Å²) in [7, 11) is 1.76. The maximum atomic E-state index is 13.0. The molecule has 1 heterocycles. The van der Waals surface area contributed by atoms with Crippen LogP contribution in [0.1, 0.15) is 18.5 Å². The van der Waals surface area contributed by atoms with E-state index in [0.717, 1.165) is 21.4 Å². The van der Waals surface area contributed by atoms with Gasteiger partial charge in [0.05, 0.1) is 18.0 Å². The van der Waals surface area contributed by atoms with Crippen LogP contribution in [0.4, 0.5) is 4.39 Å². The summed E-state index contributed by atoms with van der Waals surface area (Å²) in [5.41, 5.74) is 0.896. The number of benzene rings is 2. The summed E-state index contributed by atoms with van der Waals surface area (Å²) in [5, 5.41) is 10.9. The van der Waals surface area contributed by atoms with Gasteiger partial charge in [-0.3, -0.25) is 4.79 Å². The molecule has 3 rings (SSSR count). The predicted molar refractivity (Wildman–Crippen MR) is 97.8 cm³/mol. The molecule has 0 saturated carbocycles. The van der Waals surface area contributed by atoms with E-state index in [9.17, 15) is 9.18 Å². The number of thioether (sulfide) groups is 1. The van der Waals surface area contributed by atoms with Crippen molar-refractivity contribution in [2.24, 2.45) is 0 Å². The minimum atomic E-state index is -0.282. The van der Waals surface area contributed by atoms with Crippen molar-refractivity contribution in [3.8, 4) is 0 Å². The molecule has 0 N–H and O–H groups in total. The Hall–Kier alpha value is -2.47. The van der Waals surface area contributed by atoms with Gasteiger partial charge in [-0.15, -0.1) is 5.10 Å². The van der Waals surface area contributed by atoms with Crippen LogP contribution < -0.4 is 0 Å². The number of aromatic nitrogens is 2. The average molecular weight is 355 g/mol. The summed E-state index contributed by atoms with van der Waals surface area (Å²) in [6.07, 6.45) is 1.71. The summed E-state index contributed by atoms with van der Waals surface area (Å²) in [6.45, 7) is 1.92. The molecule has 25 heavy (non-hydrogen) atoms. The fourth-order valence-electron chi connectivity index (χ4n) is 2.52. The van der Waals surface area contributed by atoms with E-state index in [4.69, 9.17) is 0 Å². The van der Waals surface area contributed by atoms with Crippen molar-refractivity contribution >= 4 is 28.4 Å². The molecule has 6 heteroatoms. The second-order valence-corrected chi connectivity index (χ2v) is 6.72. The normalized spacial score (nSPS) is 12.1. The van der Waals surface area contributed by atoms with E-state index < -0.39 is 0 Å². The van der Waals surface area contributed by atoms with Gasteiger partial charge >= 0.3 is 0 Å². The smallest absolute Gasteiger partial charge is 0.233 e. The maximum absolute atomic E-state index is 13.0. The van der Waals surface area contributed by atoms with Gasteiger partial charge in [0, 0.05) is 17.8 Å². The summed E-state index contributed by atoms with van der Waals surface area (Å²) in [5.74, 6) is -0.0309. The van der Waals surface area contributed by atoms with E-state index in [1.165, 1.54) is 23.9 Å². The van der Waals surface area contributed by atoms with Crippen LogP contribution in [0.3, 0.4) is 0 Å². The summed E-state index contributed by atoms with van der Waals surface area (Å²) >= 11 is 1.38. The number of carbonyl (C=O) groups is 1. The van der Waals surface area contributed by atoms with Crippen molar-refractivity contribution in [3.05, 3.63) is 66.1 Å². The molecule has 2 aromatic carbocycles. The minimum absolute atomic E-state index is 0.0171. The van der Waals surface area contributed by atoms with Gasteiger partial charge in [-0.2, -0.15) is 5.10 Å². The molecule has 4 nitrogen and oxygen atoms in total. The molecule has 0 bridgehead atoms. The van der Waals surface area contributed by atoms with Gasteiger partial charge in [-0.05, 0) is 24.6 Å². The predicted octanol–water partition coefficient (Wildman–Crippen LogP) is 4.08. The highest BCUT2D eigenvalue weighted by atomic mass is 32.2. The Labute approximate surface area is 150 Å².